The Bertz CT molecular complexity index is 615. The molecule has 0 spiro atoms. The summed E-state index contributed by atoms with van der Waals surface area (Å²) >= 11 is 0.732. The third-order valence-electron chi connectivity index (χ3n) is 2.18. The van der Waals surface area contributed by atoms with E-state index < -0.39 is 5.97 Å². The molecular formula is C11H8O4S. The predicted octanol–water partition coefficient (Wildman–Crippen LogP) is 1.97. The second-order valence-corrected chi connectivity index (χ2v) is 4.17. The van der Waals surface area contributed by atoms with Gasteiger partial charge in [0.15, 0.2) is 0 Å². The Morgan fingerprint density at radius 3 is 2.75 bits per heavy atom. The second-order valence-electron chi connectivity index (χ2n) is 3.16. The van der Waals surface area contributed by atoms with E-state index in [1.54, 1.807) is 18.2 Å². The highest BCUT2D eigenvalue weighted by molar-refractivity contribution is 7.11. The first-order chi connectivity index (χ1) is 7.61. The van der Waals surface area contributed by atoms with E-state index in [1.807, 2.05) is 0 Å². The highest BCUT2D eigenvalue weighted by Crippen LogP contribution is 2.20. The van der Waals surface area contributed by atoms with Gasteiger partial charge < -0.3 is 9.84 Å². The minimum Gasteiger partial charge on any atom is -0.497 e. The van der Waals surface area contributed by atoms with Crippen molar-refractivity contribution in [3.63, 3.8) is 0 Å². The van der Waals surface area contributed by atoms with E-state index in [-0.39, 0.29) is 9.62 Å². The topological polar surface area (TPSA) is 63.6 Å². The number of ether oxygens (including phenoxy) is 1. The van der Waals surface area contributed by atoms with E-state index in [0.717, 1.165) is 11.3 Å². The quantitative estimate of drug-likeness (QED) is 0.865. The molecule has 2 rings (SSSR count). The Kier molecular flexibility index (Phi) is 2.62. The van der Waals surface area contributed by atoms with Crippen LogP contribution in [0.2, 0.25) is 0 Å². The molecule has 1 aromatic carbocycles. The highest BCUT2D eigenvalue weighted by Gasteiger charge is 2.08. The van der Waals surface area contributed by atoms with Crippen LogP contribution in [0.1, 0.15) is 9.67 Å². The van der Waals surface area contributed by atoms with Gasteiger partial charge in [0.1, 0.15) is 10.6 Å². The zero-order valence-electron chi connectivity index (χ0n) is 8.39. The molecule has 0 saturated heterocycles. The molecule has 0 fully saturated rings. The van der Waals surface area contributed by atoms with Gasteiger partial charge in [0.2, 0.25) is 4.74 Å². The maximum atomic E-state index is 11.6. The van der Waals surface area contributed by atoms with Crippen LogP contribution in [0.3, 0.4) is 0 Å². The summed E-state index contributed by atoms with van der Waals surface area (Å²) in [6.07, 6.45) is 0. The Balaban J connectivity index is 2.78. The Morgan fingerprint density at radius 2 is 2.12 bits per heavy atom. The molecule has 0 bridgehead atoms. The average Bonchev–Trinajstić information content (AvgIpc) is 2.28. The average molecular weight is 236 g/mol. The molecule has 16 heavy (non-hydrogen) atoms. The number of carbonyl (C=O) groups is 1. The fraction of sp³-hybridized carbons (Fsp3) is 0.0909. The molecule has 0 unspecified atom stereocenters. The maximum absolute atomic E-state index is 11.6. The summed E-state index contributed by atoms with van der Waals surface area (Å²) in [7, 11) is 1.52. The Morgan fingerprint density at radius 1 is 1.38 bits per heavy atom. The molecule has 0 aliphatic carbocycles. The lowest BCUT2D eigenvalue weighted by atomic mass is 10.2. The molecule has 0 atom stereocenters. The highest BCUT2D eigenvalue weighted by atomic mass is 32.1. The summed E-state index contributed by atoms with van der Waals surface area (Å²) in [5, 5.41) is 9.93. The monoisotopic (exact) mass is 236 g/mol. The lowest BCUT2D eigenvalue weighted by molar-refractivity contribution is 0.0702. The van der Waals surface area contributed by atoms with Crippen molar-refractivity contribution in [3.05, 3.63) is 38.7 Å². The number of methoxy groups -OCH3 is 1. The SMILES string of the molecule is COc1ccc2c(=O)sc(C(=O)O)cc2c1. The van der Waals surface area contributed by atoms with Crippen molar-refractivity contribution in [1.82, 2.24) is 0 Å². The van der Waals surface area contributed by atoms with Crippen LogP contribution in [-0.2, 0) is 0 Å². The van der Waals surface area contributed by atoms with Crippen molar-refractivity contribution in [3.8, 4) is 5.75 Å². The summed E-state index contributed by atoms with van der Waals surface area (Å²) in [6, 6.07) is 6.44. The van der Waals surface area contributed by atoms with Crippen molar-refractivity contribution < 1.29 is 14.6 Å². The zero-order chi connectivity index (χ0) is 11.7. The molecular weight excluding hydrogens is 228 g/mol. The van der Waals surface area contributed by atoms with Gasteiger partial charge in [0, 0.05) is 5.39 Å². The van der Waals surface area contributed by atoms with Crippen LogP contribution in [-0.4, -0.2) is 18.2 Å². The summed E-state index contributed by atoms with van der Waals surface area (Å²) in [4.78, 5) is 22.4. The molecule has 0 radical (unpaired) electrons. The Labute approximate surface area is 94.7 Å². The number of rotatable bonds is 2. The van der Waals surface area contributed by atoms with E-state index in [9.17, 15) is 9.59 Å². The van der Waals surface area contributed by atoms with Crippen LogP contribution in [0.15, 0.2) is 29.1 Å². The van der Waals surface area contributed by atoms with E-state index in [4.69, 9.17) is 9.84 Å². The molecule has 0 amide bonds. The summed E-state index contributed by atoms with van der Waals surface area (Å²) in [5.74, 6) is -0.494. The third kappa shape index (κ3) is 1.77. The molecule has 1 aromatic heterocycles. The largest absolute Gasteiger partial charge is 0.497 e. The van der Waals surface area contributed by atoms with Crippen LogP contribution in [0.5, 0.6) is 5.75 Å². The van der Waals surface area contributed by atoms with Crippen molar-refractivity contribution in [1.29, 1.82) is 0 Å². The molecule has 82 valence electrons. The van der Waals surface area contributed by atoms with E-state index in [1.165, 1.54) is 13.2 Å². The second kappa shape index (κ2) is 3.94. The van der Waals surface area contributed by atoms with Crippen molar-refractivity contribution in [2.75, 3.05) is 7.11 Å². The minimum atomic E-state index is -1.09. The van der Waals surface area contributed by atoms with E-state index >= 15 is 0 Å². The fourth-order valence-corrected chi connectivity index (χ4v) is 2.17. The number of carboxylic acids is 1. The van der Waals surface area contributed by atoms with E-state index in [0.29, 0.717) is 16.5 Å². The standard InChI is InChI=1S/C11H8O4S/c1-15-7-2-3-8-6(4-7)5-9(10(12)13)16-11(8)14/h2-5H,1H3,(H,12,13). The number of hydrogen-bond donors (Lipinski definition) is 1. The van der Waals surface area contributed by atoms with Gasteiger partial charge in [-0.15, -0.1) is 0 Å². The number of aromatic carboxylic acids is 1. The molecule has 0 aliphatic heterocycles. The van der Waals surface area contributed by atoms with Crippen molar-refractivity contribution in [2.24, 2.45) is 0 Å². The first-order valence-corrected chi connectivity index (χ1v) is 5.28. The molecule has 1 heterocycles. The van der Waals surface area contributed by atoms with Gasteiger partial charge in [0.25, 0.3) is 0 Å². The molecule has 0 saturated carbocycles. The lowest BCUT2D eigenvalue weighted by Gasteiger charge is -2.02. The summed E-state index contributed by atoms with van der Waals surface area (Å²) in [5.41, 5.74) is 0. The summed E-state index contributed by atoms with van der Waals surface area (Å²) < 4.78 is 4.76. The van der Waals surface area contributed by atoms with Crippen molar-refractivity contribution in [2.45, 2.75) is 0 Å². The molecule has 4 nitrogen and oxygen atoms in total. The van der Waals surface area contributed by atoms with Gasteiger partial charge in [-0.2, -0.15) is 0 Å². The molecule has 0 aliphatic rings. The molecule has 5 heteroatoms. The van der Waals surface area contributed by atoms with Gasteiger partial charge in [-0.25, -0.2) is 4.79 Å². The van der Waals surface area contributed by atoms with Crippen LogP contribution in [0.25, 0.3) is 10.8 Å². The third-order valence-corrected chi connectivity index (χ3v) is 3.10. The lowest BCUT2D eigenvalue weighted by Crippen LogP contribution is -2.02. The van der Waals surface area contributed by atoms with E-state index in [2.05, 4.69) is 0 Å². The predicted molar refractivity (Wildman–Crippen MR) is 61.6 cm³/mol. The van der Waals surface area contributed by atoms with Gasteiger partial charge in [-0.3, -0.25) is 4.79 Å². The summed E-state index contributed by atoms with van der Waals surface area (Å²) in [6.45, 7) is 0. The number of fused-ring (bicyclic) bond motifs is 1. The molecule has 2 aromatic rings. The normalized spacial score (nSPS) is 10.3. The van der Waals surface area contributed by atoms with Crippen LogP contribution in [0, 0.1) is 0 Å². The number of carboxylic acid groups (broad SMARTS) is 1. The maximum Gasteiger partial charge on any atom is 0.346 e. The smallest absolute Gasteiger partial charge is 0.346 e. The number of hydrogen-bond acceptors (Lipinski definition) is 4. The van der Waals surface area contributed by atoms with Gasteiger partial charge in [-0.05, 0) is 29.7 Å². The fourth-order valence-electron chi connectivity index (χ4n) is 1.40. The van der Waals surface area contributed by atoms with Gasteiger partial charge in [0.05, 0.1) is 7.11 Å². The van der Waals surface area contributed by atoms with Gasteiger partial charge in [-0.1, -0.05) is 11.3 Å². The number of benzene rings is 1. The van der Waals surface area contributed by atoms with Gasteiger partial charge >= 0.3 is 5.97 Å². The van der Waals surface area contributed by atoms with Crippen LogP contribution in [0.4, 0.5) is 0 Å². The zero-order valence-corrected chi connectivity index (χ0v) is 9.21. The first-order valence-electron chi connectivity index (χ1n) is 4.47. The Hall–Kier alpha value is -1.88. The first kappa shape index (κ1) is 10.6. The van der Waals surface area contributed by atoms with Crippen LogP contribution < -0.4 is 9.48 Å². The van der Waals surface area contributed by atoms with Crippen molar-refractivity contribution >= 4 is 28.1 Å². The molecule has 1 N–H and O–H groups in total. The van der Waals surface area contributed by atoms with Crippen LogP contribution >= 0.6 is 11.3 Å². The minimum absolute atomic E-state index is 0.0331.